The lowest BCUT2D eigenvalue weighted by molar-refractivity contribution is 1.07. The van der Waals surface area contributed by atoms with Gasteiger partial charge in [-0.15, -0.1) is 0 Å². The van der Waals surface area contributed by atoms with Gasteiger partial charge in [-0.05, 0) is 61.8 Å². The summed E-state index contributed by atoms with van der Waals surface area (Å²) in [5.41, 5.74) is 4.84. The van der Waals surface area contributed by atoms with Crippen molar-refractivity contribution in [2.75, 3.05) is 0 Å². The van der Waals surface area contributed by atoms with E-state index >= 15 is 0 Å². The van der Waals surface area contributed by atoms with Gasteiger partial charge in [0.05, 0.1) is 11.0 Å². The molecule has 1 aromatic heterocycles. The van der Waals surface area contributed by atoms with Gasteiger partial charge in [-0.25, -0.2) is 15.0 Å². The Labute approximate surface area is 278 Å². The monoisotopic (exact) mass is 593 g/mol. The van der Waals surface area contributed by atoms with Gasteiger partial charge >= 0.3 is 0 Å². The smallest absolute Gasteiger partial charge is 0.164 e. The lowest BCUT2D eigenvalue weighted by Gasteiger charge is -2.15. The average molecular weight is 594 g/mol. The first kappa shape index (κ1) is 19.3. The molecule has 0 spiro atoms. The first-order valence-corrected chi connectivity index (χ1v) is 14.9. The second-order valence-electron chi connectivity index (χ2n) is 11.0. The Kier molecular flexibility index (Phi) is 4.50. The van der Waals surface area contributed by atoms with Crippen molar-refractivity contribution in [1.29, 1.82) is 0 Å². The Morgan fingerprint density at radius 2 is 0.826 bits per heavy atom. The van der Waals surface area contributed by atoms with Gasteiger partial charge in [0.1, 0.15) is 0 Å². The molecule has 0 saturated heterocycles. The molecule has 0 unspecified atom stereocenters. The third-order valence-corrected chi connectivity index (χ3v) is 8.20. The zero-order chi connectivity index (χ0) is 37.4. The minimum Gasteiger partial charge on any atom is -0.208 e. The van der Waals surface area contributed by atoms with E-state index in [4.69, 9.17) is 21.8 Å². The first-order valence-electron chi connectivity index (χ1n) is 18.9. The number of hydrogen-bond donors (Lipinski definition) is 0. The maximum Gasteiger partial charge on any atom is 0.164 e. The van der Waals surface area contributed by atoms with Crippen LogP contribution in [0.5, 0.6) is 0 Å². The quantitative estimate of drug-likeness (QED) is 0.199. The average Bonchev–Trinajstić information content (AvgIpc) is 3.56. The Hall–Kier alpha value is -6.19. The van der Waals surface area contributed by atoms with Crippen LogP contribution in [0, 0.1) is 0 Å². The highest BCUT2D eigenvalue weighted by Crippen LogP contribution is 2.52. The zero-order valence-corrected chi connectivity index (χ0v) is 24.3. The minimum atomic E-state index is -0.461. The van der Waals surface area contributed by atoms with E-state index in [1.807, 2.05) is 115 Å². The van der Waals surface area contributed by atoms with E-state index in [-0.39, 0.29) is 74.1 Å². The van der Waals surface area contributed by atoms with E-state index < -0.39 is 24.2 Å². The molecule has 8 aromatic rings. The molecule has 214 valence electrons. The highest BCUT2D eigenvalue weighted by atomic mass is 15.0. The number of hydrogen-bond acceptors (Lipinski definition) is 3. The second-order valence-corrected chi connectivity index (χ2v) is 11.0. The van der Waals surface area contributed by atoms with Crippen molar-refractivity contribution in [1.82, 2.24) is 15.0 Å². The molecule has 0 aliphatic heterocycles. The fourth-order valence-corrected chi connectivity index (χ4v) is 6.00. The molecule has 3 nitrogen and oxygen atoms in total. The molecule has 7 aromatic carbocycles. The van der Waals surface area contributed by atoms with Gasteiger partial charge in [-0.1, -0.05) is 152 Å². The van der Waals surface area contributed by atoms with Gasteiger partial charge in [-0.2, -0.15) is 0 Å². The molecule has 1 aliphatic carbocycles. The first-order chi connectivity index (χ1) is 26.2. The number of aromatic nitrogens is 3. The van der Waals surface area contributed by atoms with E-state index in [1.54, 1.807) is 0 Å². The van der Waals surface area contributed by atoms with Crippen molar-refractivity contribution >= 4 is 10.8 Å². The summed E-state index contributed by atoms with van der Waals surface area (Å²) in [5, 5.41) is 0.128. The van der Waals surface area contributed by atoms with Gasteiger partial charge in [0.15, 0.2) is 17.5 Å². The fraction of sp³-hybridized carbons (Fsp3) is 0. The number of nitrogens with zero attached hydrogens (tertiary/aromatic N) is 3. The van der Waals surface area contributed by atoms with Crippen molar-refractivity contribution in [2.45, 2.75) is 0 Å². The predicted molar refractivity (Wildman–Crippen MR) is 189 cm³/mol. The maximum absolute atomic E-state index is 9.92. The molecule has 0 atom stereocenters. The largest absolute Gasteiger partial charge is 0.208 e. The van der Waals surface area contributed by atoms with E-state index in [1.165, 1.54) is 0 Å². The molecule has 0 saturated carbocycles. The van der Waals surface area contributed by atoms with Crippen LogP contribution in [0.15, 0.2) is 164 Å². The Morgan fingerprint density at radius 1 is 0.370 bits per heavy atom. The molecule has 0 N–H and O–H groups in total. The van der Waals surface area contributed by atoms with Crippen LogP contribution >= 0.6 is 0 Å². The normalized spacial score (nSPS) is 13.9. The molecule has 1 aliphatic rings. The summed E-state index contributed by atoms with van der Waals surface area (Å²) < 4.78 is 73.2. The summed E-state index contributed by atoms with van der Waals surface area (Å²) in [6.45, 7) is 0. The number of benzene rings is 7. The lowest BCUT2D eigenvalue weighted by Crippen LogP contribution is -2.01. The summed E-state index contributed by atoms with van der Waals surface area (Å²) in [6.07, 6.45) is 0. The fourth-order valence-electron chi connectivity index (χ4n) is 6.00. The number of rotatable bonds is 5. The standard InChI is InChI=1S/C43H27N3/c1-4-12-28(13-5-1)29-22-24-30(25-23-29)34-26-37-35-20-10-18-31-19-11-21-36(39(31)35)40(37)38(27-34)43-45-41(32-14-6-2-7-15-32)44-42(46-43)33-16-8-3-9-17-33/h1-27H/i10D,11D,18D,19D,20D,21D,26D,27D. The van der Waals surface area contributed by atoms with Gasteiger partial charge < -0.3 is 0 Å². The van der Waals surface area contributed by atoms with E-state index in [9.17, 15) is 4.11 Å². The molecular weight excluding hydrogens is 558 g/mol. The van der Waals surface area contributed by atoms with Crippen LogP contribution in [0.25, 0.3) is 89.4 Å². The Bertz CT molecular complexity index is 2760. The van der Waals surface area contributed by atoms with Gasteiger partial charge in [0.25, 0.3) is 0 Å². The summed E-state index contributed by atoms with van der Waals surface area (Å²) in [5.74, 6) is 0.735. The molecule has 0 amide bonds. The van der Waals surface area contributed by atoms with Crippen molar-refractivity contribution < 1.29 is 11.0 Å². The molecule has 0 fully saturated rings. The third-order valence-electron chi connectivity index (χ3n) is 8.20. The SMILES string of the molecule is [2H]c1c(-c2ccc(-c3ccccc3)cc2)c([2H])c2c(c1-c1nc(-c3ccccc3)nc(-c3ccccc3)n1)-c1c([2H])c([2H])c([2H])c3c([2H])c([2H])c([2H])c-2c13. The highest BCUT2D eigenvalue weighted by molar-refractivity contribution is 6.18. The molecule has 1 heterocycles. The molecule has 0 bridgehead atoms. The van der Waals surface area contributed by atoms with E-state index in [2.05, 4.69) is 0 Å². The second kappa shape index (κ2) is 10.8. The van der Waals surface area contributed by atoms with Crippen LogP contribution in [0.3, 0.4) is 0 Å². The summed E-state index contributed by atoms with van der Waals surface area (Å²) in [6, 6.07) is 33.4. The zero-order valence-electron chi connectivity index (χ0n) is 32.3. The molecule has 0 radical (unpaired) electrons. The van der Waals surface area contributed by atoms with Gasteiger partial charge in [-0.3, -0.25) is 0 Å². The lowest BCUT2D eigenvalue weighted by atomic mass is 9.91. The van der Waals surface area contributed by atoms with E-state index in [0.717, 1.165) is 11.1 Å². The van der Waals surface area contributed by atoms with Crippen LogP contribution in [0.1, 0.15) is 11.0 Å². The predicted octanol–water partition coefficient (Wildman–Crippen LogP) is 11.0. The molecule has 9 rings (SSSR count). The van der Waals surface area contributed by atoms with Crippen LogP contribution in [0.2, 0.25) is 0 Å². The van der Waals surface area contributed by atoms with Crippen molar-refractivity contribution in [3.8, 4) is 78.7 Å². The maximum atomic E-state index is 9.92. The van der Waals surface area contributed by atoms with Crippen molar-refractivity contribution in [2.24, 2.45) is 0 Å². The van der Waals surface area contributed by atoms with E-state index in [0.29, 0.717) is 28.3 Å². The summed E-state index contributed by atoms with van der Waals surface area (Å²) in [4.78, 5) is 14.7. The van der Waals surface area contributed by atoms with Gasteiger partial charge in [0, 0.05) is 22.3 Å². The summed E-state index contributed by atoms with van der Waals surface area (Å²) >= 11 is 0. The molecule has 3 heteroatoms. The number of fused-ring (bicyclic) bond motifs is 3. The Balaban J connectivity index is 1.44. The summed E-state index contributed by atoms with van der Waals surface area (Å²) in [7, 11) is 0. The minimum absolute atomic E-state index is 0.0468. The van der Waals surface area contributed by atoms with Gasteiger partial charge in [0.2, 0.25) is 0 Å². The molecular formula is C43H27N3. The van der Waals surface area contributed by atoms with Crippen molar-refractivity contribution in [3.63, 3.8) is 0 Å². The van der Waals surface area contributed by atoms with Crippen LogP contribution in [-0.4, -0.2) is 15.0 Å². The Morgan fingerprint density at radius 3 is 1.41 bits per heavy atom. The highest BCUT2D eigenvalue weighted by Gasteiger charge is 2.27. The van der Waals surface area contributed by atoms with Crippen molar-refractivity contribution in [3.05, 3.63) is 164 Å². The van der Waals surface area contributed by atoms with Crippen LogP contribution < -0.4 is 0 Å². The van der Waals surface area contributed by atoms with Crippen LogP contribution in [-0.2, 0) is 0 Å². The topological polar surface area (TPSA) is 38.7 Å². The third kappa shape index (κ3) is 4.41. The molecule has 46 heavy (non-hydrogen) atoms. The van der Waals surface area contributed by atoms with Crippen LogP contribution in [0.4, 0.5) is 0 Å².